The van der Waals surface area contributed by atoms with E-state index < -0.39 is 12.0 Å². The number of imide groups is 1. The summed E-state index contributed by atoms with van der Waals surface area (Å²) in [5.74, 6) is -0.997. The third-order valence-corrected chi connectivity index (χ3v) is 6.39. The van der Waals surface area contributed by atoms with E-state index in [2.05, 4.69) is 0 Å². The first-order chi connectivity index (χ1) is 15.5. The van der Waals surface area contributed by atoms with Crippen molar-refractivity contribution in [1.82, 2.24) is 9.80 Å². The molecule has 2 heterocycles. The van der Waals surface area contributed by atoms with Gasteiger partial charge in [-0.25, -0.2) is 9.69 Å². The van der Waals surface area contributed by atoms with Crippen molar-refractivity contribution < 1.29 is 23.9 Å². The highest BCUT2D eigenvalue weighted by Crippen LogP contribution is 2.28. The molecule has 2 aliphatic heterocycles. The highest BCUT2D eigenvalue weighted by Gasteiger charge is 2.43. The van der Waals surface area contributed by atoms with Gasteiger partial charge < -0.3 is 14.4 Å². The number of nitrogens with zero attached hydrogens (tertiary/aromatic N) is 2. The maximum Gasteiger partial charge on any atom is 0.416 e. The normalized spacial score (nSPS) is 20.0. The Morgan fingerprint density at radius 2 is 1.78 bits per heavy atom. The average molecular weight is 439 g/mol. The number of benzene rings is 2. The van der Waals surface area contributed by atoms with Gasteiger partial charge in [-0.3, -0.25) is 9.59 Å². The Kier molecular flexibility index (Phi) is 6.74. The lowest BCUT2D eigenvalue weighted by Crippen LogP contribution is -2.47. The summed E-state index contributed by atoms with van der Waals surface area (Å²) in [6, 6.07) is 13.7. The lowest BCUT2D eigenvalue weighted by Gasteiger charge is -2.30. The van der Waals surface area contributed by atoms with E-state index in [0.717, 1.165) is 16.3 Å². The highest BCUT2D eigenvalue weighted by atomic mass is 16.6. The number of carbonyl (C=O) groups excluding carboxylic acids is 3. The molecule has 0 radical (unpaired) electrons. The van der Waals surface area contributed by atoms with E-state index in [4.69, 9.17) is 9.47 Å². The molecule has 7 nitrogen and oxygen atoms in total. The molecule has 2 saturated heterocycles. The summed E-state index contributed by atoms with van der Waals surface area (Å²) >= 11 is 0. The second-order valence-electron chi connectivity index (χ2n) is 8.83. The first kappa shape index (κ1) is 22.3. The zero-order valence-electron chi connectivity index (χ0n) is 18.7. The first-order valence-corrected chi connectivity index (χ1v) is 11.3. The lowest BCUT2D eigenvalue weighted by molar-refractivity contribution is -0.142. The summed E-state index contributed by atoms with van der Waals surface area (Å²) in [7, 11) is 0. The third kappa shape index (κ3) is 4.63. The van der Waals surface area contributed by atoms with Crippen LogP contribution in [0.4, 0.5) is 4.79 Å². The number of cyclic esters (lactones) is 1. The molecule has 2 fully saturated rings. The first-order valence-electron chi connectivity index (χ1n) is 11.3. The number of ether oxygens (including phenoxy) is 2. The van der Waals surface area contributed by atoms with Crippen molar-refractivity contribution in [1.29, 1.82) is 0 Å². The van der Waals surface area contributed by atoms with Gasteiger partial charge in [-0.2, -0.15) is 0 Å². The molecule has 7 heteroatoms. The van der Waals surface area contributed by atoms with Crippen LogP contribution in [0.3, 0.4) is 0 Å². The number of hydrogen-bond donors (Lipinski definition) is 0. The summed E-state index contributed by atoms with van der Waals surface area (Å²) < 4.78 is 10.6. The zero-order chi connectivity index (χ0) is 22.7. The smallest absolute Gasteiger partial charge is 0.416 e. The molecule has 0 aliphatic carbocycles. The molecule has 0 bridgehead atoms. The van der Waals surface area contributed by atoms with Crippen molar-refractivity contribution in [3.05, 3.63) is 48.0 Å². The summed E-state index contributed by atoms with van der Waals surface area (Å²) in [5, 5.41) is 2.13. The van der Waals surface area contributed by atoms with Gasteiger partial charge in [-0.15, -0.1) is 0 Å². The fraction of sp³-hybridized carbons (Fsp3) is 0.480. The minimum absolute atomic E-state index is 0.0522. The van der Waals surface area contributed by atoms with Gasteiger partial charge in [0.15, 0.2) is 0 Å². The van der Waals surface area contributed by atoms with Crippen LogP contribution >= 0.6 is 0 Å². The van der Waals surface area contributed by atoms with Crippen molar-refractivity contribution >= 4 is 28.7 Å². The van der Waals surface area contributed by atoms with Gasteiger partial charge in [0, 0.05) is 19.5 Å². The molecule has 0 aromatic heterocycles. The van der Waals surface area contributed by atoms with Crippen LogP contribution in [-0.2, 0) is 25.5 Å². The monoisotopic (exact) mass is 438 g/mol. The molecule has 170 valence electrons. The molecule has 2 aliphatic rings. The Morgan fingerprint density at radius 1 is 1.06 bits per heavy atom. The Morgan fingerprint density at radius 3 is 2.53 bits per heavy atom. The predicted octanol–water partition coefficient (Wildman–Crippen LogP) is 3.25. The molecular weight excluding hydrogens is 408 g/mol. The van der Waals surface area contributed by atoms with Gasteiger partial charge >= 0.3 is 6.09 Å². The van der Waals surface area contributed by atoms with Crippen molar-refractivity contribution in [3.63, 3.8) is 0 Å². The SMILES string of the molecule is CC(C)[C@H]1COC(=O)N1C(=O)[C@@H](CC(=O)N1CCOCC1)Cc1cccc2ccccc12. The number of morpholine rings is 1. The molecular formula is C25H30N2O5. The minimum Gasteiger partial charge on any atom is -0.447 e. The molecule has 2 aromatic carbocycles. The van der Waals surface area contributed by atoms with Crippen LogP contribution in [-0.4, -0.2) is 66.7 Å². The molecule has 2 aromatic rings. The van der Waals surface area contributed by atoms with Crippen LogP contribution < -0.4 is 0 Å². The van der Waals surface area contributed by atoms with E-state index in [0.29, 0.717) is 32.7 Å². The topological polar surface area (TPSA) is 76.2 Å². The molecule has 4 rings (SSSR count). The van der Waals surface area contributed by atoms with E-state index in [9.17, 15) is 14.4 Å². The van der Waals surface area contributed by atoms with Gasteiger partial charge in [0.2, 0.25) is 11.8 Å². The van der Waals surface area contributed by atoms with Crippen molar-refractivity contribution in [2.75, 3.05) is 32.9 Å². The van der Waals surface area contributed by atoms with Crippen LogP contribution in [0.15, 0.2) is 42.5 Å². The number of fused-ring (bicyclic) bond motifs is 1. The third-order valence-electron chi connectivity index (χ3n) is 6.39. The fourth-order valence-electron chi connectivity index (χ4n) is 4.51. The molecule has 32 heavy (non-hydrogen) atoms. The van der Waals surface area contributed by atoms with E-state index in [1.165, 1.54) is 4.90 Å². The van der Waals surface area contributed by atoms with Crippen molar-refractivity contribution in [3.8, 4) is 0 Å². The van der Waals surface area contributed by atoms with Crippen LogP contribution in [0.25, 0.3) is 10.8 Å². The van der Waals surface area contributed by atoms with Gasteiger partial charge in [0.25, 0.3) is 0 Å². The van der Waals surface area contributed by atoms with Crippen LogP contribution in [0.2, 0.25) is 0 Å². The van der Waals surface area contributed by atoms with Gasteiger partial charge in [0.1, 0.15) is 6.61 Å². The Hall–Kier alpha value is -2.93. The highest BCUT2D eigenvalue weighted by molar-refractivity contribution is 5.97. The number of hydrogen-bond acceptors (Lipinski definition) is 5. The Labute approximate surface area is 188 Å². The van der Waals surface area contributed by atoms with Crippen LogP contribution in [0.1, 0.15) is 25.8 Å². The maximum atomic E-state index is 13.7. The van der Waals surface area contributed by atoms with Gasteiger partial charge in [0.05, 0.1) is 25.2 Å². The number of amides is 3. The molecule has 3 amide bonds. The average Bonchev–Trinajstić information content (AvgIpc) is 3.20. The van der Waals surface area contributed by atoms with Crippen molar-refractivity contribution in [2.45, 2.75) is 32.7 Å². The number of rotatable bonds is 6. The summed E-state index contributed by atoms with van der Waals surface area (Å²) in [6.45, 7) is 6.17. The van der Waals surface area contributed by atoms with E-state index in [-0.39, 0.29) is 36.8 Å². The van der Waals surface area contributed by atoms with Crippen molar-refractivity contribution in [2.24, 2.45) is 11.8 Å². The second-order valence-corrected chi connectivity index (χ2v) is 8.83. The van der Waals surface area contributed by atoms with Gasteiger partial charge in [-0.05, 0) is 28.7 Å². The molecule has 0 spiro atoms. The van der Waals surface area contributed by atoms with E-state index >= 15 is 0 Å². The predicted molar refractivity (Wildman–Crippen MR) is 120 cm³/mol. The lowest BCUT2D eigenvalue weighted by atomic mass is 9.90. The minimum atomic E-state index is -0.650. The maximum absolute atomic E-state index is 13.7. The second kappa shape index (κ2) is 9.69. The van der Waals surface area contributed by atoms with Crippen LogP contribution in [0.5, 0.6) is 0 Å². The summed E-state index contributed by atoms with van der Waals surface area (Å²) in [6.07, 6.45) is -0.183. The Balaban J connectivity index is 1.63. The summed E-state index contributed by atoms with van der Waals surface area (Å²) in [5.41, 5.74) is 0.991. The molecule has 0 saturated carbocycles. The van der Waals surface area contributed by atoms with Crippen LogP contribution in [0, 0.1) is 11.8 Å². The fourth-order valence-corrected chi connectivity index (χ4v) is 4.51. The standard InChI is InChI=1S/C25H30N2O5/c1-17(2)22-16-32-25(30)27(22)24(29)20(15-23(28)26-10-12-31-13-11-26)14-19-8-5-7-18-6-3-4-9-21(18)19/h3-9,17,20,22H,10-16H2,1-2H3/t20-,22-/m1/s1. The quantitative estimate of drug-likeness (QED) is 0.692. The van der Waals surface area contributed by atoms with Gasteiger partial charge in [-0.1, -0.05) is 56.3 Å². The number of carbonyl (C=O) groups is 3. The molecule has 0 N–H and O–H groups in total. The largest absolute Gasteiger partial charge is 0.447 e. The van der Waals surface area contributed by atoms with E-state index in [1.807, 2.05) is 56.3 Å². The molecule has 2 atom stereocenters. The Bertz CT molecular complexity index is 993. The summed E-state index contributed by atoms with van der Waals surface area (Å²) in [4.78, 5) is 42.2. The molecule has 0 unspecified atom stereocenters. The van der Waals surface area contributed by atoms with E-state index in [1.54, 1.807) is 4.90 Å². The zero-order valence-corrected chi connectivity index (χ0v) is 18.7.